The van der Waals surface area contributed by atoms with E-state index in [-0.39, 0.29) is 53.2 Å². The first-order valence-corrected chi connectivity index (χ1v) is 11.7. The molecule has 0 unspecified atom stereocenters. The number of benzene rings is 2. The fourth-order valence-electron chi connectivity index (χ4n) is 3.90. The van der Waals surface area contributed by atoms with Crippen molar-refractivity contribution in [3.63, 3.8) is 0 Å². The van der Waals surface area contributed by atoms with Gasteiger partial charge in [0.1, 0.15) is 17.1 Å². The minimum Gasteiger partial charge on any atom is -0.483 e. The van der Waals surface area contributed by atoms with Crippen LogP contribution in [0.2, 0.25) is 5.02 Å². The number of amides is 1. The van der Waals surface area contributed by atoms with Gasteiger partial charge < -0.3 is 24.4 Å². The molecule has 3 rings (SSSR count). The number of aromatic nitrogens is 1. The number of aliphatic hydroxyl groups is 1. The van der Waals surface area contributed by atoms with E-state index in [4.69, 9.17) is 16.3 Å². The van der Waals surface area contributed by atoms with Crippen molar-refractivity contribution in [3.05, 3.63) is 74.3 Å². The molecule has 0 bridgehead atoms. The summed E-state index contributed by atoms with van der Waals surface area (Å²) in [7, 11) is 3.15. The first-order chi connectivity index (χ1) is 17.0. The summed E-state index contributed by atoms with van der Waals surface area (Å²) >= 11 is 5.94. The topological polar surface area (TPSA) is 109 Å². The van der Waals surface area contributed by atoms with E-state index < -0.39 is 28.8 Å². The second-order valence-corrected chi connectivity index (χ2v) is 9.43. The molecule has 0 radical (unpaired) electrons. The number of aromatic carboxylic acids is 1. The number of halogens is 2. The number of pyridine rings is 1. The van der Waals surface area contributed by atoms with Gasteiger partial charge in [-0.1, -0.05) is 37.6 Å². The van der Waals surface area contributed by atoms with E-state index in [0.29, 0.717) is 11.1 Å². The Labute approximate surface area is 212 Å². The highest BCUT2D eigenvalue weighted by Crippen LogP contribution is 2.31. The number of hydrogen-bond donors (Lipinski definition) is 2. The van der Waals surface area contributed by atoms with Crippen LogP contribution in [0.25, 0.3) is 10.9 Å². The molecule has 2 aromatic carbocycles. The molecule has 8 nitrogen and oxygen atoms in total. The zero-order valence-corrected chi connectivity index (χ0v) is 21.2. The smallest absolute Gasteiger partial charge is 0.341 e. The number of fused-ring (bicyclic) bond motifs is 1. The molecule has 0 aliphatic rings. The minimum absolute atomic E-state index is 0.0296. The van der Waals surface area contributed by atoms with Crippen LogP contribution < -0.4 is 10.2 Å². The Balaban J connectivity index is 2.32. The summed E-state index contributed by atoms with van der Waals surface area (Å²) in [5.74, 6) is -2.25. The average Bonchev–Trinajstić information content (AvgIpc) is 2.81. The number of carbonyl (C=O) groups is 2. The maximum absolute atomic E-state index is 14.7. The van der Waals surface area contributed by atoms with Gasteiger partial charge in [-0.15, -0.1) is 0 Å². The van der Waals surface area contributed by atoms with Crippen molar-refractivity contribution in [2.75, 3.05) is 27.3 Å². The predicted octanol–water partition coefficient (Wildman–Crippen LogP) is 3.74. The monoisotopic (exact) mass is 518 g/mol. The van der Waals surface area contributed by atoms with E-state index >= 15 is 0 Å². The van der Waals surface area contributed by atoms with E-state index in [2.05, 4.69) is 0 Å². The first-order valence-electron chi connectivity index (χ1n) is 11.3. The highest BCUT2D eigenvalue weighted by atomic mass is 35.5. The Bertz CT molecular complexity index is 1370. The van der Waals surface area contributed by atoms with Crippen molar-refractivity contribution in [2.24, 2.45) is 5.92 Å². The number of carboxylic acid groups (broad SMARTS) is 1. The second kappa shape index (κ2) is 11.1. The minimum atomic E-state index is -1.41. The van der Waals surface area contributed by atoms with Gasteiger partial charge in [0.2, 0.25) is 5.43 Å². The molecule has 192 valence electrons. The number of hydrogen-bond acceptors (Lipinski definition) is 5. The summed E-state index contributed by atoms with van der Waals surface area (Å²) in [4.78, 5) is 38.6. The fraction of sp³-hybridized carbons (Fsp3) is 0.346. The van der Waals surface area contributed by atoms with Crippen LogP contribution in [-0.2, 0) is 11.2 Å². The van der Waals surface area contributed by atoms with Gasteiger partial charge in [-0.25, -0.2) is 9.18 Å². The molecule has 1 atom stereocenters. The SMILES string of the molecule is CC(C)[C@@H](CO)n1cc(C(=O)O)c(=O)c2cc(Cc3cccc(Cl)c3F)c(OCC(=O)N(C)C)cc21. The fourth-order valence-corrected chi connectivity index (χ4v) is 4.09. The molecule has 10 heteroatoms. The number of rotatable bonds is 9. The molecule has 1 amide bonds. The molecule has 2 N–H and O–H groups in total. The van der Waals surface area contributed by atoms with Gasteiger partial charge in [-0.3, -0.25) is 9.59 Å². The number of aliphatic hydroxyl groups excluding tert-OH is 1. The highest BCUT2D eigenvalue weighted by Gasteiger charge is 2.23. The third-order valence-corrected chi connectivity index (χ3v) is 6.31. The van der Waals surface area contributed by atoms with Crippen LogP contribution >= 0.6 is 11.6 Å². The number of likely N-dealkylation sites (N-methyl/N-ethyl adjacent to an activating group) is 1. The van der Waals surface area contributed by atoms with Crippen LogP contribution in [0.5, 0.6) is 5.75 Å². The molecule has 0 spiro atoms. The molecule has 0 saturated heterocycles. The molecule has 3 aromatic rings. The van der Waals surface area contributed by atoms with E-state index in [9.17, 15) is 29.0 Å². The molecule has 1 aromatic heterocycles. The van der Waals surface area contributed by atoms with Crippen molar-refractivity contribution in [1.82, 2.24) is 9.47 Å². The first kappa shape index (κ1) is 27.2. The number of carbonyl (C=O) groups excluding carboxylic acids is 1. The van der Waals surface area contributed by atoms with Crippen LogP contribution in [0.3, 0.4) is 0 Å². The Hall–Kier alpha value is -3.43. The van der Waals surface area contributed by atoms with Gasteiger partial charge in [0.05, 0.1) is 23.2 Å². The normalized spacial score (nSPS) is 12.1. The Morgan fingerprint density at radius 2 is 1.89 bits per heavy atom. The molecule has 0 aliphatic carbocycles. The third-order valence-electron chi connectivity index (χ3n) is 6.02. The zero-order chi connectivity index (χ0) is 26.7. The number of carboxylic acids is 1. The summed E-state index contributed by atoms with van der Waals surface area (Å²) in [6.45, 7) is 3.09. The largest absolute Gasteiger partial charge is 0.483 e. The Kier molecular flexibility index (Phi) is 8.37. The zero-order valence-electron chi connectivity index (χ0n) is 20.4. The third kappa shape index (κ3) is 5.52. The molecule has 36 heavy (non-hydrogen) atoms. The summed E-state index contributed by atoms with van der Waals surface area (Å²) in [5, 5.41) is 19.7. The van der Waals surface area contributed by atoms with Crippen molar-refractivity contribution in [2.45, 2.75) is 26.3 Å². The lowest BCUT2D eigenvalue weighted by molar-refractivity contribution is -0.130. The number of ether oxygens (including phenoxy) is 1. The van der Waals surface area contributed by atoms with E-state index in [1.165, 1.54) is 39.9 Å². The van der Waals surface area contributed by atoms with E-state index in [1.54, 1.807) is 20.2 Å². The van der Waals surface area contributed by atoms with Crippen LogP contribution in [0, 0.1) is 11.7 Å². The molecular formula is C26H28ClFN2O6. The van der Waals surface area contributed by atoms with Gasteiger partial charge in [0, 0.05) is 38.2 Å². The van der Waals surface area contributed by atoms with Crippen LogP contribution in [-0.4, -0.2) is 58.9 Å². The standard InChI is InChI=1S/C26H28ClFN2O6/c1-14(2)21(12-31)30-11-18(26(34)35)25(33)17-9-16(8-15-6-5-7-19(27)24(15)28)22(10-20(17)30)36-13-23(32)29(3)4/h5-7,9-11,14,21,31H,8,12-13H2,1-4H3,(H,34,35)/t21-/m1/s1. The van der Waals surface area contributed by atoms with Gasteiger partial charge in [0.25, 0.3) is 5.91 Å². The Morgan fingerprint density at radius 1 is 1.19 bits per heavy atom. The van der Waals surface area contributed by atoms with Crippen molar-refractivity contribution in [3.8, 4) is 5.75 Å². The summed E-state index contributed by atoms with van der Waals surface area (Å²) in [5.41, 5.74) is -0.265. The maximum atomic E-state index is 14.7. The summed E-state index contributed by atoms with van der Waals surface area (Å²) in [6, 6.07) is 6.96. The van der Waals surface area contributed by atoms with Crippen molar-refractivity contribution in [1.29, 1.82) is 0 Å². The highest BCUT2D eigenvalue weighted by molar-refractivity contribution is 6.30. The Morgan fingerprint density at radius 3 is 2.47 bits per heavy atom. The van der Waals surface area contributed by atoms with Gasteiger partial charge >= 0.3 is 5.97 Å². The molecule has 0 aliphatic heterocycles. The maximum Gasteiger partial charge on any atom is 0.341 e. The quantitative estimate of drug-likeness (QED) is 0.446. The lowest BCUT2D eigenvalue weighted by Gasteiger charge is -2.25. The lowest BCUT2D eigenvalue weighted by atomic mass is 9.98. The van der Waals surface area contributed by atoms with Gasteiger partial charge in [-0.05, 0) is 29.2 Å². The number of nitrogens with zero attached hydrogens (tertiary/aromatic N) is 2. The van der Waals surface area contributed by atoms with Crippen LogP contribution in [0.4, 0.5) is 4.39 Å². The molecule has 0 fully saturated rings. The molecular weight excluding hydrogens is 491 g/mol. The van der Waals surface area contributed by atoms with Crippen LogP contribution in [0.15, 0.2) is 41.3 Å². The van der Waals surface area contributed by atoms with E-state index in [1.807, 2.05) is 13.8 Å². The van der Waals surface area contributed by atoms with Crippen molar-refractivity contribution < 1.29 is 28.9 Å². The van der Waals surface area contributed by atoms with Gasteiger partial charge in [-0.2, -0.15) is 0 Å². The molecule has 1 heterocycles. The van der Waals surface area contributed by atoms with E-state index in [0.717, 1.165) is 0 Å². The molecule has 0 saturated carbocycles. The van der Waals surface area contributed by atoms with Gasteiger partial charge in [0.15, 0.2) is 6.61 Å². The summed E-state index contributed by atoms with van der Waals surface area (Å²) < 4.78 is 22.1. The average molecular weight is 519 g/mol. The predicted molar refractivity (Wildman–Crippen MR) is 135 cm³/mol. The second-order valence-electron chi connectivity index (χ2n) is 9.02. The lowest BCUT2D eigenvalue weighted by Crippen LogP contribution is -2.28. The van der Waals surface area contributed by atoms with Crippen molar-refractivity contribution >= 4 is 34.4 Å². The summed E-state index contributed by atoms with van der Waals surface area (Å²) in [6.07, 6.45) is 1.18. The van der Waals surface area contributed by atoms with Crippen LogP contribution in [0.1, 0.15) is 41.4 Å².